The van der Waals surface area contributed by atoms with Crippen molar-refractivity contribution in [2.75, 3.05) is 0 Å². The maximum absolute atomic E-state index is 13.1. The van der Waals surface area contributed by atoms with E-state index in [0.29, 0.717) is 5.92 Å². The van der Waals surface area contributed by atoms with Crippen LogP contribution in [0.2, 0.25) is 0 Å². The monoisotopic (exact) mass is 234 g/mol. The van der Waals surface area contributed by atoms with Gasteiger partial charge in [-0.2, -0.15) is 0 Å². The van der Waals surface area contributed by atoms with Gasteiger partial charge < -0.3 is 0 Å². The Kier molecular flexibility index (Phi) is 4.58. The molecule has 0 nitrogen and oxygen atoms in total. The summed E-state index contributed by atoms with van der Waals surface area (Å²) in [4.78, 5) is 0. The molecule has 1 fully saturated rings. The van der Waals surface area contributed by atoms with Crippen LogP contribution in [-0.4, -0.2) is 6.17 Å². The lowest BCUT2D eigenvalue weighted by atomic mass is 9.83. The topological polar surface area (TPSA) is 0 Å². The van der Waals surface area contributed by atoms with Gasteiger partial charge in [0, 0.05) is 0 Å². The van der Waals surface area contributed by atoms with Gasteiger partial charge in [0.15, 0.2) is 0 Å². The minimum absolute atomic E-state index is 0.546. The summed E-state index contributed by atoms with van der Waals surface area (Å²) >= 11 is 0. The maximum atomic E-state index is 13.1. The van der Waals surface area contributed by atoms with Crippen LogP contribution in [0.25, 0.3) is 0 Å². The number of hydrogen-bond acceptors (Lipinski definition) is 0. The van der Waals surface area contributed by atoms with Crippen molar-refractivity contribution in [2.24, 2.45) is 0 Å². The first-order valence-corrected chi connectivity index (χ1v) is 7.02. The second-order valence-electron chi connectivity index (χ2n) is 5.29. The van der Waals surface area contributed by atoms with Crippen molar-refractivity contribution in [3.05, 3.63) is 35.4 Å². The fourth-order valence-corrected chi connectivity index (χ4v) is 2.72. The summed E-state index contributed by atoms with van der Waals surface area (Å²) in [6.45, 7) is 2.23. The van der Waals surface area contributed by atoms with Crippen molar-refractivity contribution in [3.63, 3.8) is 0 Å². The van der Waals surface area contributed by atoms with Crippen LogP contribution >= 0.6 is 0 Å². The number of benzene rings is 1. The van der Waals surface area contributed by atoms with Gasteiger partial charge in [0.2, 0.25) is 0 Å². The number of aryl methyl sites for hydroxylation is 1. The Balaban J connectivity index is 1.93. The van der Waals surface area contributed by atoms with E-state index in [2.05, 4.69) is 31.2 Å². The van der Waals surface area contributed by atoms with Crippen molar-refractivity contribution in [1.29, 1.82) is 0 Å². The second-order valence-corrected chi connectivity index (χ2v) is 5.29. The number of hydrogen-bond donors (Lipinski definition) is 0. The quantitative estimate of drug-likeness (QED) is 0.685. The fourth-order valence-electron chi connectivity index (χ4n) is 2.72. The van der Waals surface area contributed by atoms with Crippen LogP contribution < -0.4 is 0 Å². The molecule has 0 atom stereocenters. The molecule has 1 aliphatic carbocycles. The van der Waals surface area contributed by atoms with E-state index in [1.165, 1.54) is 30.4 Å². The van der Waals surface area contributed by atoms with E-state index in [1.54, 1.807) is 0 Å². The Bertz CT molecular complexity index is 320. The van der Waals surface area contributed by atoms with E-state index in [4.69, 9.17) is 0 Å². The number of rotatable bonds is 4. The molecular weight excluding hydrogens is 211 g/mol. The molecule has 0 spiro atoms. The normalized spacial score (nSPS) is 24.8. The summed E-state index contributed by atoms with van der Waals surface area (Å²) in [5.41, 5.74) is 2.85. The van der Waals surface area contributed by atoms with Gasteiger partial charge in [0.05, 0.1) is 0 Å². The van der Waals surface area contributed by atoms with Gasteiger partial charge in [-0.25, -0.2) is 4.39 Å². The molecule has 1 aromatic rings. The Morgan fingerprint density at radius 3 is 2.29 bits per heavy atom. The lowest BCUT2D eigenvalue weighted by Crippen LogP contribution is -2.13. The lowest BCUT2D eigenvalue weighted by Gasteiger charge is -2.24. The first-order valence-electron chi connectivity index (χ1n) is 7.02. The molecule has 1 aromatic carbocycles. The van der Waals surface area contributed by atoms with Gasteiger partial charge in [-0.1, -0.05) is 37.6 Å². The van der Waals surface area contributed by atoms with Crippen molar-refractivity contribution in [1.82, 2.24) is 0 Å². The molecule has 0 amide bonds. The van der Waals surface area contributed by atoms with Crippen molar-refractivity contribution in [2.45, 2.75) is 64.0 Å². The SMILES string of the molecule is CCCCc1ccc(C2CCC(F)CC2)cc1. The number of alkyl halides is 1. The van der Waals surface area contributed by atoms with E-state index in [9.17, 15) is 4.39 Å². The number of halogens is 1. The van der Waals surface area contributed by atoms with Gasteiger partial charge in [-0.3, -0.25) is 0 Å². The molecule has 0 N–H and O–H groups in total. The van der Waals surface area contributed by atoms with Gasteiger partial charge in [0.1, 0.15) is 6.17 Å². The predicted octanol–water partition coefficient (Wildman–Crippen LogP) is 5.02. The van der Waals surface area contributed by atoms with E-state index in [0.717, 1.165) is 25.7 Å². The summed E-state index contributed by atoms with van der Waals surface area (Å²) in [5.74, 6) is 0.599. The van der Waals surface area contributed by atoms with E-state index in [-0.39, 0.29) is 0 Å². The van der Waals surface area contributed by atoms with Crippen LogP contribution in [-0.2, 0) is 6.42 Å². The molecule has 2 rings (SSSR count). The average Bonchev–Trinajstić information content (AvgIpc) is 2.38. The van der Waals surface area contributed by atoms with Gasteiger partial charge in [-0.15, -0.1) is 0 Å². The predicted molar refractivity (Wildman–Crippen MR) is 71.2 cm³/mol. The first kappa shape index (κ1) is 12.6. The molecule has 94 valence electrons. The Labute approximate surface area is 104 Å². The molecular formula is C16H23F. The minimum Gasteiger partial charge on any atom is -0.247 e. The van der Waals surface area contributed by atoms with Gasteiger partial charge in [-0.05, 0) is 55.6 Å². The maximum Gasteiger partial charge on any atom is 0.100 e. The third-order valence-corrected chi connectivity index (χ3v) is 3.93. The number of unbranched alkanes of at least 4 members (excludes halogenated alkanes) is 1. The highest BCUT2D eigenvalue weighted by Gasteiger charge is 2.21. The van der Waals surface area contributed by atoms with Crippen LogP contribution in [0.3, 0.4) is 0 Å². The van der Waals surface area contributed by atoms with Gasteiger partial charge >= 0.3 is 0 Å². The molecule has 0 aliphatic heterocycles. The average molecular weight is 234 g/mol. The summed E-state index contributed by atoms with van der Waals surface area (Å²) < 4.78 is 13.1. The summed E-state index contributed by atoms with van der Waals surface area (Å²) in [6, 6.07) is 9.03. The Morgan fingerprint density at radius 2 is 1.71 bits per heavy atom. The minimum atomic E-state index is -0.546. The highest BCUT2D eigenvalue weighted by atomic mass is 19.1. The zero-order valence-electron chi connectivity index (χ0n) is 10.8. The Morgan fingerprint density at radius 1 is 1.06 bits per heavy atom. The van der Waals surface area contributed by atoms with E-state index < -0.39 is 6.17 Å². The first-order chi connectivity index (χ1) is 8.29. The standard InChI is InChI=1S/C16H23F/c1-2-3-4-13-5-7-14(8-6-13)15-9-11-16(17)12-10-15/h5-8,15-16H,2-4,9-12H2,1H3. The van der Waals surface area contributed by atoms with E-state index in [1.807, 2.05) is 0 Å². The summed E-state index contributed by atoms with van der Waals surface area (Å²) in [7, 11) is 0. The molecule has 17 heavy (non-hydrogen) atoms. The highest BCUT2D eigenvalue weighted by molar-refractivity contribution is 5.25. The molecule has 0 unspecified atom stereocenters. The molecule has 1 heteroatoms. The summed E-state index contributed by atoms with van der Waals surface area (Å²) in [6.07, 6.45) is 6.72. The second kappa shape index (κ2) is 6.18. The smallest absolute Gasteiger partial charge is 0.100 e. The lowest BCUT2D eigenvalue weighted by molar-refractivity contribution is 0.235. The Hall–Kier alpha value is -0.850. The third kappa shape index (κ3) is 3.55. The molecule has 0 heterocycles. The van der Waals surface area contributed by atoms with Crippen LogP contribution in [0.5, 0.6) is 0 Å². The molecule has 0 bridgehead atoms. The third-order valence-electron chi connectivity index (χ3n) is 3.93. The van der Waals surface area contributed by atoms with Crippen molar-refractivity contribution < 1.29 is 4.39 Å². The molecule has 1 saturated carbocycles. The zero-order chi connectivity index (χ0) is 12.1. The van der Waals surface area contributed by atoms with Crippen molar-refractivity contribution >= 4 is 0 Å². The highest BCUT2D eigenvalue weighted by Crippen LogP contribution is 2.34. The van der Waals surface area contributed by atoms with Crippen LogP contribution in [0.1, 0.15) is 62.5 Å². The molecule has 0 saturated heterocycles. The van der Waals surface area contributed by atoms with Crippen LogP contribution in [0.4, 0.5) is 4.39 Å². The van der Waals surface area contributed by atoms with Gasteiger partial charge in [0.25, 0.3) is 0 Å². The van der Waals surface area contributed by atoms with Crippen molar-refractivity contribution in [3.8, 4) is 0 Å². The molecule has 0 radical (unpaired) electrons. The van der Waals surface area contributed by atoms with E-state index >= 15 is 0 Å². The summed E-state index contributed by atoms with van der Waals surface area (Å²) in [5, 5.41) is 0. The molecule has 0 aromatic heterocycles. The molecule has 1 aliphatic rings. The van der Waals surface area contributed by atoms with Crippen LogP contribution in [0, 0.1) is 0 Å². The van der Waals surface area contributed by atoms with Crippen LogP contribution in [0.15, 0.2) is 24.3 Å². The fraction of sp³-hybridized carbons (Fsp3) is 0.625. The largest absolute Gasteiger partial charge is 0.247 e. The zero-order valence-corrected chi connectivity index (χ0v) is 10.8.